The second kappa shape index (κ2) is 10.9. The number of hydrogen-bond acceptors (Lipinski definition) is 5. The van der Waals surface area contributed by atoms with Crippen molar-refractivity contribution in [1.82, 2.24) is 9.97 Å². The van der Waals surface area contributed by atoms with Crippen molar-refractivity contribution in [3.63, 3.8) is 0 Å². The van der Waals surface area contributed by atoms with Gasteiger partial charge < -0.3 is 15.8 Å². The molecule has 2 atom stereocenters. The van der Waals surface area contributed by atoms with Gasteiger partial charge in [-0.1, -0.05) is 73.0 Å². The minimum atomic E-state index is 0.110. The van der Waals surface area contributed by atoms with E-state index in [0.717, 1.165) is 46.4 Å². The van der Waals surface area contributed by atoms with Gasteiger partial charge in [-0.3, -0.25) is 0 Å². The van der Waals surface area contributed by atoms with Crippen molar-refractivity contribution in [2.45, 2.75) is 44.4 Å². The van der Waals surface area contributed by atoms with Crippen LogP contribution in [0.25, 0.3) is 23.1 Å². The fourth-order valence-corrected chi connectivity index (χ4v) is 4.53. The summed E-state index contributed by atoms with van der Waals surface area (Å²) in [6.45, 7) is 0.505. The van der Waals surface area contributed by atoms with E-state index in [4.69, 9.17) is 32.0 Å². The van der Waals surface area contributed by atoms with Crippen LogP contribution in [0.15, 0.2) is 72.8 Å². The van der Waals surface area contributed by atoms with E-state index in [1.165, 1.54) is 12.8 Å². The molecule has 1 heterocycles. The summed E-state index contributed by atoms with van der Waals surface area (Å²) >= 11 is 6.01. The van der Waals surface area contributed by atoms with Crippen LogP contribution in [0.3, 0.4) is 0 Å². The summed E-state index contributed by atoms with van der Waals surface area (Å²) in [5.41, 5.74) is 9.46. The Hall–Kier alpha value is -3.41. The number of fused-ring (bicyclic) bond motifs is 1. The second-order valence-electron chi connectivity index (χ2n) is 8.97. The molecule has 0 aliphatic heterocycles. The largest absolute Gasteiger partial charge is 0.489 e. The summed E-state index contributed by atoms with van der Waals surface area (Å²) < 4.78 is 6.08. The van der Waals surface area contributed by atoms with Gasteiger partial charge in [0.25, 0.3) is 0 Å². The minimum absolute atomic E-state index is 0.110. The normalized spacial score (nSPS) is 18.1. The highest BCUT2D eigenvalue weighted by Gasteiger charge is 2.23. The third-order valence-electron chi connectivity index (χ3n) is 6.37. The maximum atomic E-state index is 6.44. The summed E-state index contributed by atoms with van der Waals surface area (Å²) in [6.07, 6.45) is 8.32. The molecule has 6 heteroatoms. The first-order valence-electron chi connectivity index (χ1n) is 12.1. The molecule has 0 spiro atoms. The molecule has 0 amide bonds. The van der Waals surface area contributed by atoms with Crippen LogP contribution in [0.5, 0.6) is 5.75 Å². The smallest absolute Gasteiger partial charge is 0.154 e. The van der Waals surface area contributed by atoms with Crippen molar-refractivity contribution >= 4 is 40.5 Å². The van der Waals surface area contributed by atoms with Crippen LogP contribution in [0.2, 0.25) is 5.02 Å². The molecule has 4 aromatic rings. The number of halogens is 1. The molecule has 3 aromatic carbocycles. The molecule has 35 heavy (non-hydrogen) atoms. The number of rotatable bonds is 7. The van der Waals surface area contributed by atoms with Gasteiger partial charge in [0.15, 0.2) is 5.82 Å². The molecule has 5 rings (SSSR count). The van der Waals surface area contributed by atoms with Crippen LogP contribution in [-0.4, -0.2) is 22.1 Å². The number of nitrogens with one attached hydrogen (secondary N) is 1. The molecule has 1 aliphatic carbocycles. The number of hydrogen-bond donors (Lipinski definition) is 2. The molecule has 5 nitrogen and oxygen atoms in total. The maximum absolute atomic E-state index is 6.44. The zero-order valence-corrected chi connectivity index (χ0v) is 20.3. The fraction of sp³-hybridized carbons (Fsp3) is 0.241. The lowest BCUT2D eigenvalue weighted by Gasteiger charge is -2.30. The van der Waals surface area contributed by atoms with Crippen LogP contribution in [0.4, 0.5) is 5.82 Å². The zero-order valence-electron chi connectivity index (χ0n) is 19.5. The number of nitrogens with zero attached hydrogens (tertiary/aromatic N) is 2. The van der Waals surface area contributed by atoms with Gasteiger partial charge in [0.05, 0.1) is 5.52 Å². The van der Waals surface area contributed by atoms with Crippen molar-refractivity contribution in [2.75, 3.05) is 5.32 Å². The lowest BCUT2D eigenvalue weighted by atomic mass is 9.91. The van der Waals surface area contributed by atoms with Crippen LogP contribution < -0.4 is 15.8 Å². The highest BCUT2D eigenvalue weighted by atomic mass is 35.5. The lowest BCUT2D eigenvalue weighted by molar-refractivity contribution is 0.306. The molecular weight excluding hydrogens is 456 g/mol. The lowest BCUT2D eigenvalue weighted by Crippen LogP contribution is -2.42. The van der Waals surface area contributed by atoms with E-state index in [1.807, 2.05) is 72.8 Å². The van der Waals surface area contributed by atoms with Gasteiger partial charge in [0.1, 0.15) is 18.2 Å². The molecule has 1 aliphatic rings. The standard InChI is InChI=1S/C29H29ClN4O/c30-22-13-10-20(11-14-22)12-17-28-32-26-16-15-23(35-19-21-6-2-1-3-7-21)18-24(26)29(34-28)33-27-9-5-4-8-25(27)31/h1-3,6-7,10-18,25,27H,4-5,8-9,19,31H2,(H,32,33,34)/b17-12+. The van der Waals surface area contributed by atoms with E-state index in [-0.39, 0.29) is 12.1 Å². The Balaban J connectivity index is 1.46. The monoisotopic (exact) mass is 484 g/mol. The summed E-state index contributed by atoms with van der Waals surface area (Å²) in [6, 6.07) is 24.1. The summed E-state index contributed by atoms with van der Waals surface area (Å²) in [4.78, 5) is 9.66. The van der Waals surface area contributed by atoms with E-state index in [1.54, 1.807) is 0 Å². The van der Waals surface area contributed by atoms with E-state index in [0.29, 0.717) is 17.5 Å². The number of ether oxygens (including phenoxy) is 1. The van der Waals surface area contributed by atoms with Crippen LogP contribution in [-0.2, 0) is 6.61 Å². The van der Waals surface area contributed by atoms with Crippen LogP contribution in [0, 0.1) is 0 Å². The molecule has 1 fully saturated rings. The molecule has 2 unspecified atom stereocenters. The van der Waals surface area contributed by atoms with Crippen molar-refractivity contribution < 1.29 is 4.74 Å². The molecule has 0 saturated heterocycles. The average Bonchev–Trinajstić information content (AvgIpc) is 2.89. The number of anilines is 1. The topological polar surface area (TPSA) is 73.1 Å². The maximum Gasteiger partial charge on any atom is 0.154 e. The average molecular weight is 485 g/mol. The molecule has 1 aromatic heterocycles. The molecule has 3 N–H and O–H groups in total. The third kappa shape index (κ3) is 5.99. The van der Waals surface area contributed by atoms with Gasteiger partial charge >= 0.3 is 0 Å². The first kappa shape index (κ1) is 23.3. The Morgan fingerprint density at radius 2 is 1.74 bits per heavy atom. The van der Waals surface area contributed by atoms with Gasteiger partial charge in [-0.15, -0.1) is 0 Å². The molecule has 0 radical (unpaired) electrons. The van der Waals surface area contributed by atoms with E-state index in [9.17, 15) is 0 Å². The quantitative estimate of drug-likeness (QED) is 0.305. The molecule has 178 valence electrons. The van der Waals surface area contributed by atoms with Gasteiger partial charge in [-0.05, 0) is 60.4 Å². The molecule has 1 saturated carbocycles. The van der Waals surface area contributed by atoms with Crippen molar-refractivity contribution in [3.8, 4) is 5.75 Å². The zero-order chi connectivity index (χ0) is 24.0. The molecule has 0 bridgehead atoms. The SMILES string of the molecule is NC1CCCCC1Nc1nc(/C=C/c2ccc(Cl)cc2)nc2ccc(OCc3ccccc3)cc12. The highest BCUT2D eigenvalue weighted by molar-refractivity contribution is 6.30. The summed E-state index contributed by atoms with van der Waals surface area (Å²) in [7, 11) is 0. The van der Waals surface area contributed by atoms with E-state index >= 15 is 0 Å². The van der Waals surface area contributed by atoms with Gasteiger partial charge in [0, 0.05) is 22.5 Å². The fourth-order valence-electron chi connectivity index (χ4n) is 4.40. The Morgan fingerprint density at radius 1 is 0.943 bits per heavy atom. The predicted molar refractivity (Wildman–Crippen MR) is 145 cm³/mol. The van der Waals surface area contributed by atoms with E-state index in [2.05, 4.69) is 17.4 Å². The summed E-state index contributed by atoms with van der Waals surface area (Å²) in [5, 5.41) is 5.28. The third-order valence-corrected chi connectivity index (χ3v) is 6.62. The Labute approximate surface area is 211 Å². The predicted octanol–water partition coefficient (Wildman–Crippen LogP) is 6.71. The second-order valence-corrected chi connectivity index (χ2v) is 9.40. The first-order valence-corrected chi connectivity index (χ1v) is 12.5. The van der Waals surface area contributed by atoms with Crippen molar-refractivity contribution in [1.29, 1.82) is 0 Å². The number of aromatic nitrogens is 2. The summed E-state index contributed by atoms with van der Waals surface area (Å²) in [5.74, 6) is 2.21. The minimum Gasteiger partial charge on any atom is -0.489 e. The van der Waals surface area contributed by atoms with E-state index < -0.39 is 0 Å². The van der Waals surface area contributed by atoms with Crippen molar-refractivity contribution in [3.05, 3.63) is 94.8 Å². The Bertz CT molecular complexity index is 1310. The number of nitrogens with two attached hydrogens (primary N) is 1. The van der Waals surface area contributed by atoms with Crippen molar-refractivity contribution in [2.24, 2.45) is 5.73 Å². The Morgan fingerprint density at radius 3 is 2.54 bits per heavy atom. The number of benzene rings is 3. The van der Waals surface area contributed by atoms with Gasteiger partial charge in [-0.25, -0.2) is 9.97 Å². The van der Waals surface area contributed by atoms with Crippen LogP contribution in [0.1, 0.15) is 42.6 Å². The highest BCUT2D eigenvalue weighted by Crippen LogP contribution is 2.29. The van der Waals surface area contributed by atoms with Crippen LogP contribution >= 0.6 is 11.6 Å². The molecular formula is C29H29ClN4O. The van der Waals surface area contributed by atoms with Gasteiger partial charge in [-0.2, -0.15) is 0 Å². The van der Waals surface area contributed by atoms with Gasteiger partial charge in [0.2, 0.25) is 0 Å². The first-order chi connectivity index (χ1) is 17.1. The Kier molecular flexibility index (Phi) is 7.26.